The van der Waals surface area contributed by atoms with Crippen LogP contribution in [0.15, 0.2) is 58.6 Å². The summed E-state index contributed by atoms with van der Waals surface area (Å²) in [4.78, 5) is 21.6. The quantitative estimate of drug-likeness (QED) is 0.377. The Morgan fingerprint density at radius 2 is 2.08 bits per heavy atom. The van der Waals surface area contributed by atoms with Crippen LogP contribution in [0.1, 0.15) is 12.7 Å². The van der Waals surface area contributed by atoms with E-state index in [2.05, 4.69) is 9.97 Å². The molecule has 2 aromatic carbocycles. The molecule has 0 radical (unpaired) electrons. The van der Waals surface area contributed by atoms with E-state index in [1.165, 1.54) is 11.8 Å². The lowest BCUT2D eigenvalue weighted by Gasteiger charge is -2.08. The van der Waals surface area contributed by atoms with Gasteiger partial charge in [-0.1, -0.05) is 23.9 Å². The molecule has 0 aliphatic rings. The van der Waals surface area contributed by atoms with Gasteiger partial charge in [-0.25, -0.2) is 4.98 Å². The van der Waals surface area contributed by atoms with Gasteiger partial charge < -0.3 is 4.57 Å². The first-order valence-corrected chi connectivity index (χ1v) is 9.06. The molecule has 4 rings (SSSR count). The average Bonchev–Trinajstić information content (AvgIpc) is 2.95. The number of nitrogens with zero attached hydrogens (tertiary/aromatic N) is 4. The number of aryl methyl sites for hydroxylation is 2. The second-order valence-electron chi connectivity index (χ2n) is 5.92. The molecule has 0 atom stereocenters. The molecule has 0 saturated carbocycles. The zero-order valence-electron chi connectivity index (χ0n) is 14.3. The summed E-state index contributed by atoms with van der Waals surface area (Å²) in [5.74, 6) is 0.857. The highest BCUT2D eigenvalue weighted by Crippen LogP contribution is 2.40. The number of hydrogen-bond donors (Lipinski definition) is 0. The summed E-state index contributed by atoms with van der Waals surface area (Å²) >= 11 is 1.39. The van der Waals surface area contributed by atoms with Crippen molar-refractivity contribution in [2.75, 3.05) is 0 Å². The molecule has 0 spiro atoms. The van der Waals surface area contributed by atoms with Crippen molar-refractivity contribution in [1.82, 2.24) is 14.5 Å². The fourth-order valence-corrected chi connectivity index (χ4v) is 4.27. The normalized spacial score (nSPS) is 11.3. The van der Waals surface area contributed by atoms with Gasteiger partial charge in [0.2, 0.25) is 0 Å². The van der Waals surface area contributed by atoms with Gasteiger partial charge in [-0.3, -0.25) is 15.1 Å². The first-order valence-electron chi connectivity index (χ1n) is 8.24. The molecule has 130 valence electrons. The Hall–Kier alpha value is -2.93. The number of hydrogen-bond acceptors (Lipinski definition) is 5. The lowest BCUT2D eigenvalue weighted by Crippen LogP contribution is -1.97. The Bertz CT molecular complexity index is 1150. The minimum atomic E-state index is -0.323. The molecule has 0 unspecified atom stereocenters. The summed E-state index contributed by atoms with van der Waals surface area (Å²) in [5.41, 5.74) is 1.67. The summed E-state index contributed by atoms with van der Waals surface area (Å²) in [6.07, 6.45) is 3.53. The van der Waals surface area contributed by atoms with E-state index in [-0.39, 0.29) is 10.6 Å². The molecule has 6 nitrogen and oxygen atoms in total. The van der Waals surface area contributed by atoms with Gasteiger partial charge in [-0.2, -0.15) is 0 Å². The molecule has 2 heterocycles. The predicted molar refractivity (Wildman–Crippen MR) is 103 cm³/mol. The topological polar surface area (TPSA) is 73.8 Å². The van der Waals surface area contributed by atoms with Crippen molar-refractivity contribution in [2.45, 2.75) is 30.2 Å². The Morgan fingerprint density at radius 3 is 2.85 bits per heavy atom. The van der Waals surface area contributed by atoms with Crippen molar-refractivity contribution in [3.05, 3.63) is 64.7 Å². The molecule has 0 aliphatic carbocycles. The van der Waals surface area contributed by atoms with E-state index in [9.17, 15) is 10.1 Å². The zero-order valence-corrected chi connectivity index (χ0v) is 15.2. The standard InChI is InChI=1S/C19H16N4O2S/c1-3-22-12(2)21-15-9-19(17(23(24)25)10-16(15)22)26-18-6-4-5-13-11-20-8-7-14(13)18/h4-11H,3H2,1-2H3. The van der Waals surface area contributed by atoms with Gasteiger partial charge in [0.15, 0.2) is 0 Å². The van der Waals surface area contributed by atoms with Crippen LogP contribution in [0.3, 0.4) is 0 Å². The second-order valence-corrected chi connectivity index (χ2v) is 7.01. The van der Waals surface area contributed by atoms with Crippen molar-refractivity contribution in [1.29, 1.82) is 0 Å². The van der Waals surface area contributed by atoms with Gasteiger partial charge in [0.05, 0.1) is 20.9 Å². The summed E-state index contributed by atoms with van der Waals surface area (Å²) in [6.45, 7) is 4.65. The highest BCUT2D eigenvalue weighted by molar-refractivity contribution is 7.99. The van der Waals surface area contributed by atoms with Crippen molar-refractivity contribution in [3.63, 3.8) is 0 Å². The van der Waals surface area contributed by atoms with E-state index in [0.717, 1.165) is 39.1 Å². The lowest BCUT2D eigenvalue weighted by atomic mass is 10.2. The molecular weight excluding hydrogens is 348 g/mol. The smallest absolute Gasteiger partial charge is 0.285 e. The number of nitro groups is 1. The van der Waals surface area contributed by atoms with Crippen molar-refractivity contribution < 1.29 is 4.92 Å². The van der Waals surface area contributed by atoms with Crippen molar-refractivity contribution in [2.24, 2.45) is 0 Å². The predicted octanol–water partition coefficient (Wildman–Crippen LogP) is 4.97. The van der Waals surface area contributed by atoms with Gasteiger partial charge in [-0.15, -0.1) is 0 Å². The van der Waals surface area contributed by atoms with Gasteiger partial charge in [0.1, 0.15) is 5.82 Å². The van der Waals surface area contributed by atoms with Crippen LogP contribution in [-0.2, 0) is 6.54 Å². The minimum Gasteiger partial charge on any atom is -0.328 e. The summed E-state index contributed by atoms with van der Waals surface area (Å²) in [6, 6.07) is 11.3. The summed E-state index contributed by atoms with van der Waals surface area (Å²) in [5, 5.41) is 13.7. The molecule has 4 aromatic rings. The van der Waals surface area contributed by atoms with Crippen LogP contribution >= 0.6 is 11.8 Å². The lowest BCUT2D eigenvalue weighted by molar-refractivity contribution is -0.387. The number of rotatable bonds is 4. The highest BCUT2D eigenvalue weighted by atomic mass is 32.2. The maximum Gasteiger partial charge on any atom is 0.285 e. The molecule has 0 aliphatic heterocycles. The molecular formula is C19H16N4O2S. The van der Waals surface area contributed by atoms with Crippen LogP contribution in [0.5, 0.6) is 0 Å². The Morgan fingerprint density at radius 1 is 1.23 bits per heavy atom. The third kappa shape index (κ3) is 2.70. The second kappa shape index (κ2) is 6.42. The molecule has 0 N–H and O–H groups in total. The van der Waals surface area contributed by atoms with Gasteiger partial charge >= 0.3 is 0 Å². The maximum atomic E-state index is 11.7. The minimum absolute atomic E-state index is 0.100. The average molecular weight is 364 g/mol. The Kier molecular flexibility index (Phi) is 4.08. The van der Waals surface area contributed by atoms with E-state index >= 15 is 0 Å². The number of benzene rings is 2. The first kappa shape index (κ1) is 16.5. The zero-order chi connectivity index (χ0) is 18.3. The van der Waals surface area contributed by atoms with Gasteiger partial charge in [0.25, 0.3) is 5.69 Å². The Balaban J connectivity index is 1.90. The van der Waals surface area contributed by atoms with Crippen LogP contribution in [0.4, 0.5) is 5.69 Å². The first-order chi connectivity index (χ1) is 12.6. The van der Waals surface area contributed by atoms with E-state index < -0.39 is 0 Å². The number of nitro benzene ring substituents is 1. The van der Waals surface area contributed by atoms with E-state index in [4.69, 9.17) is 0 Å². The van der Waals surface area contributed by atoms with E-state index in [1.54, 1.807) is 18.5 Å². The monoisotopic (exact) mass is 364 g/mol. The molecule has 7 heteroatoms. The fraction of sp³-hybridized carbons (Fsp3) is 0.158. The number of fused-ring (bicyclic) bond motifs is 2. The van der Waals surface area contributed by atoms with Gasteiger partial charge in [0, 0.05) is 35.3 Å². The number of pyridine rings is 1. The van der Waals surface area contributed by atoms with E-state index in [0.29, 0.717) is 4.90 Å². The van der Waals surface area contributed by atoms with Crippen LogP contribution in [0.2, 0.25) is 0 Å². The summed E-state index contributed by atoms with van der Waals surface area (Å²) in [7, 11) is 0. The number of aromatic nitrogens is 3. The SMILES string of the molecule is CCn1c(C)nc2cc(Sc3cccc4cnccc34)c([N+](=O)[O-])cc21. The van der Waals surface area contributed by atoms with Crippen LogP contribution in [0.25, 0.3) is 21.8 Å². The third-order valence-electron chi connectivity index (χ3n) is 4.39. The van der Waals surface area contributed by atoms with Crippen LogP contribution in [-0.4, -0.2) is 19.5 Å². The van der Waals surface area contributed by atoms with E-state index in [1.807, 2.05) is 48.7 Å². The van der Waals surface area contributed by atoms with Crippen molar-refractivity contribution >= 4 is 39.3 Å². The molecule has 0 bridgehead atoms. The molecule has 0 amide bonds. The van der Waals surface area contributed by atoms with Crippen molar-refractivity contribution in [3.8, 4) is 0 Å². The van der Waals surface area contributed by atoms with Crippen LogP contribution < -0.4 is 0 Å². The largest absolute Gasteiger partial charge is 0.328 e. The Labute approximate surface area is 154 Å². The molecule has 2 aromatic heterocycles. The molecule has 0 saturated heterocycles. The summed E-state index contributed by atoms with van der Waals surface area (Å²) < 4.78 is 1.99. The highest BCUT2D eigenvalue weighted by Gasteiger charge is 2.20. The molecule has 26 heavy (non-hydrogen) atoms. The molecule has 0 fully saturated rings. The maximum absolute atomic E-state index is 11.7. The van der Waals surface area contributed by atoms with Gasteiger partial charge in [-0.05, 0) is 37.4 Å². The fourth-order valence-electron chi connectivity index (χ4n) is 3.19. The third-order valence-corrected chi connectivity index (χ3v) is 5.52. The number of imidazole rings is 1. The van der Waals surface area contributed by atoms with Crippen LogP contribution in [0, 0.1) is 17.0 Å².